The second-order valence-electron chi connectivity index (χ2n) is 5.13. The van der Waals surface area contributed by atoms with Crippen molar-refractivity contribution in [2.45, 2.75) is 46.0 Å². The van der Waals surface area contributed by atoms with E-state index in [1.54, 1.807) is 0 Å². The standard InChI is InChI=1S/C14H19NO3S/c1-3-8(2)7-11(16)15-13-12(14(17)18)9-5-4-6-10(9)19-13/h8H,3-7H2,1-2H3,(H,15,16)(H,17,18). The molecule has 1 aromatic heterocycles. The van der Waals surface area contributed by atoms with Crippen molar-refractivity contribution in [2.75, 3.05) is 5.32 Å². The smallest absolute Gasteiger partial charge is 0.339 e. The topological polar surface area (TPSA) is 66.4 Å². The number of aryl methyl sites for hydroxylation is 1. The number of carbonyl (C=O) groups excluding carboxylic acids is 1. The van der Waals surface area contributed by atoms with E-state index in [1.165, 1.54) is 11.3 Å². The first-order valence-corrected chi connectivity index (χ1v) is 7.52. The van der Waals surface area contributed by atoms with E-state index in [0.717, 1.165) is 36.1 Å². The molecule has 0 bridgehead atoms. The first-order valence-electron chi connectivity index (χ1n) is 6.70. The van der Waals surface area contributed by atoms with Gasteiger partial charge in [-0.05, 0) is 30.7 Å². The highest BCUT2D eigenvalue weighted by atomic mass is 32.1. The molecule has 5 heteroatoms. The molecule has 0 spiro atoms. The van der Waals surface area contributed by atoms with Crippen LogP contribution in [-0.4, -0.2) is 17.0 Å². The minimum absolute atomic E-state index is 0.0863. The fourth-order valence-corrected chi connectivity index (χ4v) is 3.65. The lowest BCUT2D eigenvalue weighted by Gasteiger charge is -2.09. The van der Waals surface area contributed by atoms with Crippen molar-refractivity contribution in [3.05, 3.63) is 16.0 Å². The van der Waals surface area contributed by atoms with E-state index in [1.807, 2.05) is 13.8 Å². The maximum Gasteiger partial charge on any atom is 0.339 e. The minimum atomic E-state index is -0.932. The highest BCUT2D eigenvalue weighted by Crippen LogP contribution is 2.39. The Kier molecular flexibility index (Phi) is 4.24. The summed E-state index contributed by atoms with van der Waals surface area (Å²) in [6.45, 7) is 4.06. The number of thiophene rings is 1. The zero-order valence-electron chi connectivity index (χ0n) is 11.3. The molecule has 0 saturated heterocycles. The average Bonchev–Trinajstić information content (AvgIpc) is 2.87. The quantitative estimate of drug-likeness (QED) is 0.870. The maximum absolute atomic E-state index is 11.9. The van der Waals surface area contributed by atoms with Crippen LogP contribution in [0.1, 0.15) is 53.9 Å². The SMILES string of the molecule is CCC(C)CC(=O)Nc1sc2c(c1C(=O)O)CCC2. The lowest BCUT2D eigenvalue weighted by atomic mass is 10.1. The van der Waals surface area contributed by atoms with E-state index in [-0.39, 0.29) is 5.91 Å². The first-order chi connectivity index (χ1) is 9.02. The van der Waals surface area contributed by atoms with E-state index in [0.29, 0.717) is 22.9 Å². The van der Waals surface area contributed by atoms with Crippen LogP contribution in [0.4, 0.5) is 5.00 Å². The van der Waals surface area contributed by atoms with Gasteiger partial charge in [-0.2, -0.15) is 0 Å². The lowest BCUT2D eigenvalue weighted by Crippen LogP contribution is -2.16. The number of amides is 1. The number of nitrogens with one attached hydrogen (secondary N) is 1. The van der Waals surface area contributed by atoms with Crippen molar-refractivity contribution in [3.8, 4) is 0 Å². The normalized spacial score (nSPS) is 15.1. The number of hydrogen-bond donors (Lipinski definition) is 2. The minimum Gasteiger partial charge on any atom is -0.478 e. The second-order valence-corrected chi connectivity index (χ2v) is 6.24. The molecule has 1 atom stereocenters. The average molecular weight is 281 g/mol. The molecule has 19 heavy (non-hydrogen) atoms. The number of hydrogen-bond acceptors (Lipinski definition) is 3. The van der Waals surface area contributed by atoms with Gasteiger partial charge in [-0.1, -0.05) is 20.3 Å². The third kappa shape index (κ3) is 2.97. The van der Waals surface area contributed by atoms with Gasteiger partial charge in [0.05, 0.1) is 5.56 Å². The molecule has 0 aromatic carbocycles. The van der Waals surface area contributed by atoms with Crippen molar-refractivity contribution >= 4 is 28.2 Å². The number of aromatic carboxylic acids is 1. The van der Waals surface area contributed by atoms with E-state index < -0.39 is 5.97 Å². The van der Waals surface area contributed by atoms with E-state index in [9.17, 15) is 14.7 Å². The zero-order valence-corrected chi connectivity index (χ0v) is 12.1. The maximum atomic E-state index is 11.9. The largest absolute Gasteiger partial charge is 0.478 e. The van der Waals surface area contributed by atoms with Crippen molar-refractivity contribution < 1.29 is 14.7 Å². The van der Waals surface area contributed by atoms with Crippen LogP contribution >= 0.6 is 11.3 Å². The monoisotopic (exact) mass is 281 g/mol. The molecule has 1 aromatic rings. The van der Waals surface area contributed by atoms with Crippen LogP contribution in [0.25, 0.3) is 0 Å². The van der Waals surface area contributed by atoms with Gasteiger partial charge in [0.15, 0.2) is 0 Å². The number of rotatable bonds is 5. The summed E-state index contributed by atoms with van der Waals surface area (Å²) < 4.78 is 0. The number of carbonyl (C=O) groups is 2. The van der Waals surface area contributed by atoms with Crippen molar-refractivity contribution in [1.82, 2.24) is 0 Å². The molecule has 0 fully saturated rings. The molecule has 2 N–H and O–H groups in total. The Hall–Kier alpha value is -1.36. The summed E-state index contributed by atoms with van der Waals surface area (Å²) in [7, 11) is 0. The summed E-state index contributed by atoms with van der Waals surface area (Å²) in [4.78, 5) is 24.4. The summed E-state index contributed by atoms with van der Waals surface area (Å²) in [5, 5.41) is 12.6. The van der Waals surface area contributed by atoms with E-state index in [4.69, 9.17) is 0 Å². The van der Waals surface area contributed by atoms with Gasteiger partial charge in [-0.15, -0.1) is 11.3 Å². The molecule has 1 unspecified atom stereocenters. The Labute approximate surface area is 116 Å². The van der Waals surface area contributed by atoms with Gasteiger partial charge in [0, 0.05) is 11.3 Å². The Morgan fingerprint density at radius 1 is 1.42 bits per heavy atom. The summed E-state index contributed by atoms with van der Waals surface area (Å²) in [6, 6.07) is 0. The van der Waals surface area contributed by atoms with Gasteiger partial charge in [0.25, 0.3) is 0 Å². The third-order valence-electron chi connectivity index (χ3n) is 3.62. The van der Waals surface area contributed by atoms with E-state index >= 15 is 0 Å². The molecule has 0 saturated carbocycles. The Morgan fingerprint density at radius 3 is 2.79 bits per heavy atom. The molecule has 0 aliphatic heterocycles. The summed E-state index contributed by atoms with van der Waals surface area (Å²) in [6.07, 6.45) is 4.15. The van der Waals surface area contributed by atoms with Crippen molar-refractivity contribution in [1.29, 1.82) is 0 Å². The van der Waals surface area contributed by atoms with Gasteiger partial charge < -0.3 is 10.4 Å². The van der Waals surface area contributed by atoms with Gasteiger partial charge in [0.2, 0.25) is 5.91 Å². The summed E-state index contributed by atoms with van der Waals surface area (Å²) >= 11 is 1.43. The molecule has 2 rings (SSSR count). The van der Waals surface area contributed by atoms with Gasteiger partial charge in [-0.3, -0.25) is 4.79 Å². The molecule has 1 aliphatic rings. The van der Waals surface area contributed by atoms with Crippen LogP contribution in [0.3, 0.4) is 0 Å². The number of anilines is 1. The van der Waals surface area contributed by atoms with Crippen molar-refractivity contribution in [2.24, 2.45) is 5.92 Å². The van der Waals surface area contributed by atoms with Crippen LogP contribution in [0.2, 0.25) is 0 Å². The highest BCUT2D eigenvalue weighted by Gasteiger charge is 2.27. The fourth-order valence-electron chi connectivity index (χ4n) is 2.36. The second kappa shape index (κ2) is 5.74. The van der Waals surface area contributed by atoms with Crippen LogP contribution in [-0.2, 0) is 17.6 Å². The molecule has 0 radical (unpaired) electrons. The lowest BCUT2D eigenvalue weighted by molar-refractivity contribution is -0.116. The summed E-state index contributed by atoms with van der Waals surface area (Å²) in [5.74, 6) is -0.699. The predicted octanol–water partition coefficient (Wildman–Crippen LogP) is 3.31. The van der Waals surface area contributed by atoms with Crippen LogP contribution in [0.5, 0.6) is 0 Å². The van der Waals surface area contributed by atoms with Gasteiger partial charge >= 0.3 is 5.97 Å². The first kappa shape index (κ1) is 14.1. The number of carboxylic acids is 1. The molecule has 104 valence electrons. The fraction of sp³-hybridized carbons (Fsp3) is 0.571. The molecule has 1 aliphatic carbocycles. The van der Waals surface area contributed by atoms with E-state index in [2.05, 4.69) is 5.32 Å². The molecular weight excluding hydrogens is 262 g/mol. The molecular formula is C14H19NO3S. The Bertz CT molecular complexity index is 507. The molecule has 4 nitrogen and oxygen atoms in total. The Balaban J connectivity index is 2.17. The Morgan fingerprint density at radius 2 is 2.16 bits per heavy atom. The number of carboxylic acid groups (broad SMARTS) is 1. The van der Waals surface area contributed by atoms with Gasteiger partial charge in [0.1, 0.15) is 5.00 Å². The zero-order chi connectivity index (χ0) is 14.0. The van der Waals surface area contributed by atoms with Crippen LogP contribution in [0, 0.1) is 5.92 Å². The third-order valence-corrected chi connectivity index (χ3v) is 4.83. The van der Waals surface area contributed by atoms with Crippen LogP contribution < -0.4 is 5.32 Å². The predicted molar refractivity (Wildman–Crippen MR) is 76.0 cm³/mol. The summed E-state index contributed by atoms with van der Waals surface area (Å²) in [5.41, 5.74) is 1.24. The van der Waals surface area contributed by atoms with Gasteiger partial charge in [-0.25, -0.2) is 4.79 Å². The van der Waals surface area contributed by atoms with Crippen molar-refractivity contribution in [3.63, 3.8) is 0 Å². The molecule has 1 amide bonds. The molecule has 1 heterocycles. The van der Waals surface area contributed by atoms with Crippen LogP contribution in [0.15, 0.2) is 0 Å². The highest BCUT2D eigenvalue weighted by molar-refractivity contribution is 7.17. The number of fused-ring (bicyclic) bond motifs is 1.